The number of nitrogens with two attached hydrogens (primary N) is 1. The van der Waals surface area contributed by atoms with Crippen LogP contribution < -0.4 is 5.73 Å². The SMILES string of the molecule is COCCCOCCOC1COCCC1N. The van der Waals surface area contributed by atoms with Crippen LogP contribution in [-0.4, -0.2) is 58.9 Å². The van der Waals surface area contributed by atoms with Crippen molar-refractivity contribution >= 4 is 0 Å². The lowest BCUT2D eigenvalue weighted by Gasteiger charge is -2.28. The van der Waals surface area contributed by atoms with Crippen LogP contribution in [0.1, 0.15) is 12.8 Å². The van der Waals surface area contributed by atoms with Crippen molar-refractivity contribution in [2.45, 2.75) is 25.0 Å². The Balaban J connectivity index is 1.90. The quantitative estimate of drug-likeness (QED) is 0.606. The van der Waals surface area contributed by atoms with Crippen molar-refractivity contribution in [2.24, 2.45) is 5.73 Å². The summed E-state index contributed by atoms with van der Waals surface area (Å²) in [6.07, 6.45) is 1.82. The van der Waals surface area contributed by atoms with E-state index in [2.05, 4.69) is 0 Å². The van der Waals surface area contributed by atoms with Crippen molar-refractivity contribution < 1.29 is 18.9 Å². The summed E-state index contributed by atoms with van der Waals surface area (Å²) in [6, 6.07) is 0.0993. The first-order chi connectivity index (χ1) is 7.84. The highest BCUT2D eigenvalue weighted by Crippen LogP contribution is 2.08. The molecular weight excluding hydrogens is 210 g/mol. The van der Waals surface area contributed by atoms with Crippen LogP contribution >= 0.6 is 0 Å². The molecule has 1 heterocycles. The molecule has 0 bridgehead atoms. The minimum atomic E-state index is 0.0244. The van der Waals surface area contributed by atoms with Crippen LogP contribution in [0.4, 0.5) is 0 Å². The number of ether oxygens (including phenoxy) is 4. The summed E-state index contributed by atoms with van der Waals surface area (Å²) in [4.78, 5) is 0. The molecule has 2 N–H and O–H groups in total. The number of methoxy groups -OCH3 is 1. The zero-order chi connectivity index (χ0) is 11.6. The molecule has 16 heavy (non-hydrogen) atoms. The predicted molar refractivity (Wildman–Crippen MR) is 60.5 cm³/mol. The normalized spacial score (nSPS) is 25.9. The van der Waals surface area contributed by atoms with E-state index in [1.807, 2.05) is 0 Å². The summed E-state index contributed by atoms with van der Waals surface area (Å²) in [5.41, 5.74) is 5.90. The first kappa shape index (κ1) is 13.9. The molecule has 0 aliphatic carbocycles. The monoisotopic (exact) mass is 233 g/mol. The third kappa shape index (κ3) is 5.77. The van der Waals surface area contributed by atoms with Crippen molar-refractivity contribution in [1.82, 2.24) is 0 Å². The number of hydrogen-bond donors (Lipinski definition) is 1. The van der Waals surface area contributed by atoms with Crippen LogP contribution in [0.25, 0.3) is 0 Å². The second-order valence-corrected chi connectivity index (χ2v) is 3.90. The van der Waals surface area contributed by atoms with E-state index in [1.54, 1.807) is 7.11 Å². The van der Waals surface area contributed by atoms with E-state index in [4.69, 9.17) is 24.7 Å². The van der Waals surface area contributed by atoms with E-state index >= 15 is 0 Å². The first-order valence-electron chi connectivity index (χ1n) is 5.86. The van der Waals surface area contributed by atoms with Gasteiger partial charge >= 0.3 is 0 Å². The van der Waals surface area contributed by atoms with E-state index in [1.165, 1.54) is 0 Å². The van der Waals surface area contributed by atoms with E-state index in [9.17, 15) is 0 Å². The molecule has 0 spiro atoms. The summed E-state index contributed by atoms with van der Waals surface area (Å²) >= 11 is 0. The largest absolute Gasteiger partial charge is 0.385 e. The van der Waals surface area contributed by atoms with Gasteiger partial charge in [-0.2, -0.15) is 0 Å². The molecule has 0 aromatic carbocycles. The van der Waals surface area contributed by atoms with Gasteiger partial charge in [0.25, 0.3) is 0 Å². The molecule has 1 rings (SSSR count). The van der Waals surface area contributed by atoms with E-state index < -0.39 is 0 Å². The number of hydrogen-bond acceptors (Lipinski definition) is 5. The van der Waals surface area contributed by atoms with Gasteiger partial charge in [-0.15, -0.1) is 0 Å². The maximum absolute atomic E-state index is 5.90. The fourth-order valence-corrected chi connectivity index (χ4v) is 1.57. The smallest absolute Gasteiger partial charge is 0.0960 e. The fraction of sp³-hybridized carbons (Fsp3) is 1.00. The highest BCUT2D eigenvalue weighted by atomic mass is 16.6. The first-order valence-corrected chi connectivity index (χ1v) is 5.86. The molecule has 2 unspecified atom stereocenters. The molecule has 1 saturated heterocycles. The van der Waals surface area contributed by atoms with Crippen LogP contribution in [0.5, 0.6) is 0 Å². The molecule has 0 aromatic heterocycles. The van der Waals surface area contributed by atoms with Crippen molar-refractivity contribution in [3.63, 3.8) is 0 Å². The average molecular weight is 233 g/mol. The van der Waals surface area contributed by atoms with Crippen molar-refractivity contribution in [3.05, 3.63) is 0 Å². The lowest BCUT2D eigenvalue weighted by molar-refractivity contribution is -0.0748. The predicted octanol–water partition coefficient (Wildman–Crippen LogP) is 0.172. The Morgan fingerprint density at radius 3 is 2.88 bits per heavy atom. The second-order valence-electron chi connectivity index (χ2n) is 3.90. The van der Waals surface area contributed by atoms with Gasteiger partial charge in [-0.1, -0.05) is 0 Å². The summed E-state index contributed by atoms with van der Waals surface area (Å²) in [5.74, 6) is 0. The van der Waals surface area contributed by atoms with Gasteiger partial charge in [-0.25, -0.2) is 0 Å². The molecular formula is C11H23NO4. The molecule has 0 radical (unpaired) electrons. The van der Waals surface area contributed by atoms with Gasteiger partial charge in [0.2, 0.25) is 0 Å². The molecule has 1 aliphatic heterocycles. The summed E-state index contributed by atoms with van der Waals surface area (Å²) in [7, 11) is 1.69. The zero-order valence-corrected chi connectivity index (χ0v) is 10.0. The molecule has 0 amide bonds. The summed E-state index contributed by atoms with van der Waals surface area (Å²) in [6.45, 7) is 3.98. The van der Waals surface area contributed by atoms with Crippen LogP contribution in [0, 0.1) is 0 Å². The van der Waals surface area contributed by atoms with Crippen LogP contribution in [0.3, 0.4) is 0 Å². The third-order valence-corrected chi connectivity index (χ3v) is 2.55. The Morgan fingerprint density at radius 1 is 1.25 bits per heavy atom. The minimum absolute atomic E-state index is 0.0244. The van der Waals surface area contributed by atoms with E-state index in [0.29, 0.717) is 26.4 Å². The Morgan fingerprint density at radius 2 is 2.12 bits per heavy atom. The molecule has 0 saturated carbocycles. The van der Waals surface area contributed by atoms with Gasteiger partial charge in [-0.3, -0.25) is 0 Å². The maximum Gasteiger partial charge on any atom is 0.0960 e. The van der Waals surface area contributed by atoms with Gasteiger partial charge in [0.1, 0.15) is 0 Å². The molecule has 5 nitrogen and oxygen atoms in total. The molecule has 1 fully saturated rings. The third-order valence-electron chi connectivity index (χ3n) is 2.55. The molecule has 0 aromatic rings. The lowest BCUT2D eigenvalue weighted by atomic mass is 10.1. The Bertz CT molecular complexity index is 168. The highest BCUT2D eigenvalue weighted by Gasteiger charge is 2.22. The molecule has 96 valence electrons. The van der Waals surface area contributed by atoms with Gasteiger partial charge in [-0.05, 0) is 12.8 Å². The summed E-state index contributed by atoms with van der Waals surface area (Å²) in [5, 5.41) is 0. The Kier molecular flexibility index (Phi) is 7.71. The standard InChI is InChI=1S/C11H23NO4/c1-13-4-2-5-14-7-8-16-11-9-15-6-3-10(11)12/h10-11H,2-9,12H2,1H3. The van der Waals surface area contributed by atoms with Gasteiger partial charge < -0.3 is 24.7 Å². The molecule has 2 atom stereocenters. The van der Waals surface area contributed by atoms with Crippen molar-refractivity contribution in [3.8, 4) is 0 Å². The van der Waals surface area contributed by atoms with Crippen molar-refractivity contribution in [1.29, 1.82) is 0 Å². The summed E-state index contributed by atoms with van der Waals surface area (Å²) < 4.78 is 21.2. The minimum Gasteiger partial charge on any atom is -0.385 e. The topological polar surface area (TPSA) is 62.9 Å². The van der Waals surface area contributed by atoms with Crippen molar-refractivity contribution in [2.75, 3.05) is 46.8 Å². The van der Waals surface area contributed by atoms with Crippen LogP contribution in [0.2, 0.25) is 0 Å². The highest BCUT2D eigenvalue weighted by molar-refractivity contribution is 4.76. The van der Waals surface area contributed by atoms with Gasteiger partial charge in [0.05, 0.1) is 25.9 Å². The molecule has 1 aliphatic rings. The van der Waals surface area contributed by atoms with Crippen LogP contribution in [0.15, 0.2) is 0 Å². The van der Waals surface area contributed by atoms with E-state index in [0.717, 1.165) is 26.1 Å². The maximum atomic E-state index is 5.90. The van der Waals surface area contributed by atoms with Gasteiger partial charge in [0.15, 0.2) is 0 Å². The molecule has 5 heteroatoms. The fourth-order valence-electron chi connectivity index (χ4n) is 1.57. The Labute approximate surface area is 97.2 Å². The van der Waals surface area contributed by atoms with E-state index in [-0.39, 0.29) is 12.1 Å². The number of rotatable bonds is 8. The second kappa shape index (κ2) is 8.90. The van der Waals surface area contributed by atoms with Crippen LogP contribution in [-0.2, 0) is 18.9 Å². The average Bonchev–Trinajstić information content (AvgIpc) is 2.30. The lowest BCUT2D eigenvalue weighted by Crippen LogP contribution is -2.45. The zero-order valence-electron chi connectivity index (χ0n) is 10.0. The Hall–Kier alpha value is -0.200. The van der Waals surface area contributed by atoms with Gasteiger partial charge in [0, 0.05) is 33.0 Å².